The van der Waals surface area contributed by atoms with Crippen molar-refractivity contribution in [2.45, 2.75) is 34.1 Å². The van der Waals surface area contributed by atoms with E-state index in [-0.39, 0.29) is 0 Å². The van der Waals surface area contributed by atoms with Gasteiger partial charge >= 0.3 is 0 Å². The molecule has 6 atom stereocenters. The Balaban J connectivity index is 2.44. The van der Waals surface area contributed by atoms with Crippen LogP contribution in [0.1, 0.15) is 34.1 Å². The normalized spacial score (nSPS) is 47.1. The van der Waals surface area contributed by atoms with Gasteiger partial charge in [-0.05, 0) is 30.1 Å². The lowest BCUT2D eigenvalue weighted by Crippen LogP contribution is -2.61. The van der Waals surface area contributed by atoms with E-state index in [1.807, 2.05) is 0 Å². The SMILES string of the molecule is CC1C(C)C2CC1C(C)(C[N+](C)(C)C)C2(C)C[N+](C)(C)C. The maximum atomic E-state index is 2.62. The zero-order valence-electron chi connectivity index (χ0n) is 16.3. The average Bonchev–Trinajstić information content (AvgIpc) is 2.60. The second-order valence-electron chi connectivity index (χ2n) is 10.9. The maximum Gasteiger partial charge on any atom is 0.0845 e. The standard InChI is InChI=1S/C19H40N2/c1-14-15(2)17-11-16(14)18(3,12-20(5,6)7)19(17,4)13-21(8,9)10/h14-17H,11-13H2,1-10H3/q+2. The van der Waals surface area contributed by atoms with E-state index >= 15 is 0 Å². The average molecular weight is 297 g/mol. The van der Waals surface area contributed by atoms with Gasteiger partial charge in [-0.2, -0.15) is 0 Å². The molecule has 6 unspecified atom stereocenters. The highest BCUT2D eigenvalue weighted by Gasteiger charge is 2.70. The molecule has 2 heteroatoms. The lowest BCUT2D eigenvalue weighted by molar-refractivity contribution is -0.890. The maximum absolute atomic E-state index is 2.62. The molecule has 2 fully saturated rings. The van der Waals surface area contributed by atoms with Crippen LogP contribution in [0.25, 0.3) is 0 Å². The molecule has 0 N–H and O–H groups in total. The van der Waals surface area contributed by atoms with Gasteiger partial charge in [0.25, 0.3) is 0 Å². The van der Waals surface area contributed by atoms with Crippen molar-refractivity contribution >= 4 is 0 Å². The highest BCUT2D eigenvalue weighted by Crippen LogP contribution is 2.70. The van der Waals surface area contributed by atoms with Crippen molar-refractivity contribution < 1.29 is 8.97 Å². The van der Waals surface area contributed by atoms with Gasteiger partial charge in [-0.1, -0.05) is 27.7 Å². The molecule has 0 aromatic rings. The van der Waals surface area contributed by atoms with Gasteiger partial charge in [0, 0.05) is 10.8 Å². The fourth-order valence-electron chi connectivity index (χ4n) is 6.53. The predicted molar refractivity (Wildman–Crippen MR) is 91.9 cm³/mol. The lowest BCUT2D eigenvalue weighted by Gasteiger charge is -2.56. The van der Waals surface area contributed by atoms with E-state index in [1.54, 1.807) is 0 Å². The molecule has 2 aliphatic carbocycles. The minimum Gasteiger partial charge on any atom is -0.330 e. The molecule has 0 aromatic heterocycles. The molecule has 124 valence electrons. The van der Waals surface area contributed by atoms with Gasteiger partial charge in [-0.15, -0.1) is 0 Å². The Morgan fingerprint density at radius 3 is 1.24 bits per heavy atom. The summed E-state index contributed by atoms with van der Waals surface area (Å²) in [7, 11) is 14.2. The molecule has 2 aliphatic rings. The lowest BCUT2D eigenvalue weighted by atomic mass is 9.52. The van der Waals surface area contributed by atoms with Crippen LogP contribution < -0.4 is 0 Å². The molecule has 2 saturated carbocycles. The van der Waals surface area contributed by atoms with Gasteiger partial charge in [0.1, 0.15) is 0 Å². The smallest absolute Gasteiger partial charge is 0.0845 e. The monoisotopic (exact) mass is 296 g/mol. The molecule has 0 radical (unpaired) electrons. The van der Waals surface area contributed by atoms with Crippen LogP contribution in [0.4, 0.5) is 0 Å². The van der Waals surface area contributed by atoms with E-state index in [2.05, 4.69) is 70.0 Å². The summed E-state index contributed by atoms with van der Waals surface area (Å²) in [5.74, 6) is 3.61. The third-order valence-corrected chi connectivity index (χ3v) is 7.15. The molecule has 0 aliphatic heterocycles. The molecule has 21 heavy (non-hydrogen) atoms. The van der Waals surface area contributed by atoms with Crippen molar-refractivity contribution in [3.05, 3.63) is 0 Å². The molecule has 0 saturated heterocycles. The minimum atomic E-state index is 0.466. The topological polar surface area (TPSA) is 0 Å². The quantitative estimate of drug-likeness (QED) is 0.698. The van der Waals surface area contributed by atoms with Crippen LogP contribution in [0.3, 0.4) is 0 Å². The Hall–Kier alpha value is -0.0800. The Labute approximate surface area is 133 Å². The third kappa shape index (κ3) is 2.67. The highest BCUT2D eigenvalue weighted by molar-refractivity contribution is 5.14. The van der Waals surface area contributed by atoms with Gasteiger partial charge in [0.05, 0.1) is 55.4 Å². The Kier molecular flexibility index (Phi) is 3.87. The molecule has 2 rings (SSSR count). The molecule has 0 aromatic carbocycles. The first-order valence-electron chi connectivity index (χ1n) is 8.82. The summed E-state index contributed by atoms with van der Waals surface area (Å²) >= 11 is 0. The van der Waals surface area contributed by atoms with Crippen LogP contribution in [0.2, 0.25) is 0 Å². The largest absolute Gasteiger partial charge is 0.330 e. The summed E-state index contributed by atoms with van der Waals surface area (Å²) < 4.78 is 2.18. The summed E-state index contributed by atoms with van der Waals surface area (Å²) in [5.41, 5.74) is 0.931. The van der Waals surface area contributed by atoms with E-state index < -0.39 is 0 Å². The van der Waals surface area contributed by atoms with Crippen molar-refractivity contribution in [1.82, 2.24) is 0 Å². The van der Waals surface area contributed by atoms with Crippen LogP contribution >= 0.6 is 0 Å². The van der Waals surface area contributed by atoms with Crippen molar-refractivity contribution in [1.29, 1.82) is 0 Å². The van der Waals surface area contributed by atoms with Crippen molar-refractivity contribution in [3.8, 4) is 0 Å². The van der Waals surface area contributed by atoms with Crippen LogP contribution in [-0.2, 0) is 0 Å². The summed E-state index contributed by atoms with van der Waals surface area (Å²) in [6.45, 7) is 12.9. The van der Waals surface area contributed by atoms with E-state index in [4.69, 9.17) is 0 Å². The first-order valence-corrected chi connectivity index (χ1v) is 8.82. The Bertz CT molecular complexity index is 365. The molecule has 0 heterocycles. The molecular weight excluding hydrogens is 256 g/mol. The molecular formula is C19H40N2+2. The van der Waals surface area contributed by atoms with Gasteiger partial charge in [-0.25, -0.2) is 0 Å². The van der Waals surface area contributed by atoms with E-state index in [0.717, 1.165) is 32.6 Å². The second-order valence-corrected chi connectivity index (χ2v) is 10.9. The molecule has 0 spiro atoms. The van der Waals surface area contributed by atoms with Gasteiger partial charge in [-0.3, -0.25) is 0 Å². The number of fused-ring (bicyclic) bond motifs is 2. The zero-order valence-corrected chi connectivity index (χ0v) is 16.3. The number of hydrogen-bond acceptors (Lipinski definition) is 0. The predicted octanol–water partition coefficient (Wildman–Crippen LogP) is 3.33. The highest BCUT2D eigenvalue weighted by atomic mass is 15.3. The number of quaternary nitrogens is 2. The van der Waals surface area contributed by atoms with Crippen LogP contribution in [0, 0.1) is 34.5 Å². The molecule has 2 nitrogen and oxygen atoms in total. The first-order chi connectivity index (χ1) is 9.21. The van der Waals surface area contributed by atoms with Crippen molar-refractivity contribution in [2.75, 3.05) is 55.4 Å². The molecule has 2 bridgehead atoms. The Morgan fingerprint density at radius 1 is 0.714 bits per heavy atom. The Morgan fingerprint density at radius 2 is 1.00 bits per heavy atom. The second kappa shape index (κ2) is 4.71. The molecule has 0 amide bonds. The fourth-order valence-corrected chi connectivity index (χ4v) is 6.53. The van der Waals surface area contributed by atoms with E-state index in [9.17, 15) is 0 Å². The van der Waals surface area contributed by atoms with Crippen molar-refractivity contribution in [3.63, 3.8) is 0 Å². The number of nitrogens with zero attached hydrogens (tertiary/aromatic N) is 2. The third-order valence-electron chi connectivity index (χ3n) is 7.15. The van der Waals surface area contributed by atoms with E-state index in [0.29, 0.717) is 10.8 Å². The number of hydrogen-bond donors (Lipinski definition) is 0. The summed E-state index contributed by atoms with van der Waals surface area (Å²) in [4.78, 5) is 0. The van der Waals surface area contributed by atoms with Crippen molar-refractivity contribution in [2.24, 2.45) is 34.5 Å². The number of rotatable bonds is 4. The summed E-state index contributed by atoms with van der Waals surface area (Å²) in [6, 6.07) is 0. The van der Waals surface area contributed by atoms with Gasteiger partial charge in [0.15, 0.2) is 0 Å². The fraction of sp³-hybridized carbons (Fsp3) is 1.00. The summed E-state index contributed by atoms with van der Waals surface area (Å²) in [5, 5.41) is 0. The van der Waals surface area contributed by atoms with Gasteiger partial charge < -0.3 is 8.97 Å². The first kappa shape index (κ1) is 17.3. The van der Waals surface area contributed by atoms with E-state index in [1.165, 1.54) is 19.5 Å². The zero-order chi connectivity index (χ0) is 16.4. The summed E-state index contributed by atoms with van der Waals surface area (Å²) in [6.07, 6.45) is 1.47. The van der Waals surface area contributed by atoms with Crippen LogP contribution in [-0.4, -0.2) is 64.3 Å². The van der Waals surface area contributed by atoms with Crippen LogP contribution in [0.5, 0.6) is 0 Å². The minimum absolute atomic E-state index is 0.466. The van der Waals surface area contributed by atoms with Crippen LogP contribution in [0.15, 0.2) is 0 Å². The van der Waals surface area contributed by atoms with Gasteiger partial charge in [0.2, 0.25) is 0 Å².